The van der Waals surface area contributed by atoms with Crippen LogP contribution < -0.4 is 10.1 Å². The highest BCUT2D eigenvalue weighted by atomic mass is 35.5. The van der Waals surface area contributed by atoms with Gasteiger partial charge in [0.15, 0.2) is 5.11 Å². The summed E-state index contributed by atoms with van der Waals surface area (Å²) >= 11 is 11.1. The van der Waals surface area contributed by atoms with Gasteiger partial charge in [-0.15, -0.1) is 0 Å². The Balaban J connectivity index is 2.65. The van der Waals surface area contributed by atoms with Crippen molar-refractivity contribution in [1.82, 2.24) is 9.80 Å². The molecular formula is C17H24ClN3O2S. The van der Waals surface area contributed by atoms with E-state index in [1.54, 1.807) is 35.0 Å². The molecule has 0 atom stereocenters. The van der Waals surface area contributed by atoms with Crippen molar-refractivity contribution in [2.24, 2.45) is 0 Å². The van der Waals surface area contributed by atoms with Crippen LogP contribution in [0.25, 0.3) is 0 Å². The van der Waals surface area contributed by atoms with Gasteiger partial charge in [0.25, 0.3) is 0 Å². The van der Waals surface area contributed by atoms with Gasteiger partial charge in [0.05, 0.1) is 6.54 Å². The molecule has 0 fully saturated rings. The van der Waals surface area contributed by atoms with Crippen LogP contribution in [0.2, 0.25) is 0 Å². The van der Waals surface area contributed by atoms with Gasteiger partial charge in [0.2, 0.25) is 0 Å². The Labute approximate surface area is 154 Å². The highest BCUT2D eigenvalue weighted by molar-refractivity contribution is 7.80. The molecule has 24 heavy (non-hydrogen) atoms. The zero-order valence-electron chi connectivity index (χ0n) is 14.3. The third-order valence-electron chi connectivity index (χ3n) is 3.20. The summed E-state index contributed by atoms with van der Waals surface area (Å²) in [6.07, 6.45) is 1.59. The predicted molar refractivity (Wildman–Crippen MR) is 104 cm³/mol. The van der Waals surface area contributed by atoms with Gasteiger partial charge in [-0.2, -0.15) is 0 Å². The summed E-state index contributed by atoms with van der Waals surface area (Å²) < 4.78 is 5.38. The van der Waals surface area contributed by atoms with Gasteiger partial charge in [0, 0.05) is 37.4 Å². The molecular weight excluding hydrogens is 346 g/mol. The minimum absolute atomic E-state index is 0.376. The van der Waals surface area contributed by atoms with Crippen LogP contribution in [0.5, 0.6) is 5.75 Å². The van der Waals surface area contributed by atoms with E-state index < -0.39 is 0 Å². The molecule has 0 aliphatic carbocycles. The van der Waals surface area contributed by atoms with E-state index in [2.05, 4.69) is 18.8 Å². The second kappa shape index (κ2) is 10.2. The lowest BCUT2D eigenvalue weighted by molar-refractivity contribution is 0.162. The zero-order chi connectivity index (χ0) is 18.1. The van der Waals surface area contributed by atoms with Crippen LogP contribution >= 0.6 is 23.8 Å². The summed E-state index contributed by atoms with van der Waals surface area (Å²) in [4.78, 5) is 15.3. The van der Waals surface area contributed by atoms with Crippen LogP contribution in [0.15, 0.2) is 35.9 Å². The fourth-order valence-electron chi connectivity index (χ4n) is 1.85. The van der Waals surface area contributed by atoms with Crippen molar-refractivity contribution in [3.63, 3.8) is 0 Å². The average Bonchev–Trinajstić information content (AvgIpc) is 2.52. The summed E-state index contributed by atoms with van der Waals surface area (Å²) in [7, 11) is 3.54. The maximum absolute atomic E-state index is 12.0. The molecule has 0 unspecified atom stereocenters. The van der Waals surface area contributed by atoms with Crippen LogP contribution in [0, 0.1) is 0 Å². The van der Waals surface area contributed by atoms with E-state index >= 15 is 0 Å². The Bertz CT molecular complexity index is 595. The fraction of sp³-hybridized carbons (Fsp3) is 0.412. The van der Waals surface area contributed by atoms with Crippen LogP contribution in [0.4, 0.5) is 10.5 Å². The van der Waals surface area contributed by atoms with Gasteiger partial charge in [0.1, 0.15) is 5.75 Å². The monoisotopic (exact) mass is 369 g/mol. The predicted octanol–water partition coefficient (Wildman–Crippen LogP) is 4.30. The summed E-state index contributed by atoms with van der Waals surface area (Å²) in [5.74, 6) is 0.459. The third kappa shape index (κ3) is 7.19. The number of benzene rings is 1. The maximum atomic E-state index is 12.0. The van der Waals surface area contributed by atoms with E-state index in [0.717, 1.165) is 18.5 Å². The van der Waals surface area contributed by atoms with E-state index in [9.17, 15) is 4.79 Å². The summed E-state index contributed by atoms with van der Waals surface area (Å²) in [5, 5.41) is 4.08. The van der Waals surface area contributed by atoms with Crippen LogP contribution in [-0.4, -0.2) is 48.2 Å². The molecule has 0 aliphatic rings. The molecule has 0 bridgehead atoms. The van der Waals surface area contributed by atoms with E-state index in [4.69, 9.17) is 28.6 Å². The van der Waals surface area contributed by atoms with Crippen LogP contribution in [-0.2, 0) is 0 Å². The molecule has 0 radical (unpaired) electrons. The third-order valence-corrected chi connectivity index (χ3v) is 3.74. The lowest BCUT2D eigenvalue weighted by Gasteiger charge is -2.21. The summed E-state index contributed by atoms with van der Waals surface area (Å²) in [5.41, 5.74) is 0.730. The van der Waals surface area contributed by atoms with Gasteiger partial charge < -0.3 is 19.9 Å². The normalized spacial score (nSPS) is 10.0. The highest BCUT2D eigenvalue weighted by Gasteiger charge is 2.11. The molecule has 5 nitrogen and oxygen atoms in total. The summed E-state index contributed by atoms with van der Waals surface area (Å²) in [6.45, 7) is 6.84. The van der Waals surface area contributed by atoms with Crippen molar-refractivity contribution in [3.8, 4) is 5.75 Å². The number of unbranched alkanes of at least 4 members (excludes halogenated alkanes) is 1. The highest BCUT2D eigenvalue weighted by Crippen LogP contribution is 2.18. The first-order valence-electron chi connectivity index (χ1n) is 7.72. The minimum Gasteiger partial charge on any atom is -0.410 e. The number of rotatable bonds is 7. The maximum Gasteiger partial charge on any atom is 0.414 e. The van der Waals surface area contributed by atoms with Gasteiger partial charge in [-0.1, -0.05) is 37.6 Å². The number of nitrogens with one attached hydrogen (secondary N) is 1. The molecule has 7 heteroatoms. The number of hydrogen-bond acceptors (Lipinski definition) is 3. The van der Waals surface area contributed by atoms with Gasteiger partial charge >= 0.3 is 6.09 Å². The van der Waals surface area contributed by atoms with Crippen molar-refractivity contribution < 1.29 is 9.53 Å². The molecule has 1 rings (SSSR count). The second-order valence-corrected chi connectivity index (χ2v) is 6.40. The largest absolute Gasteiger partial charge is 0.414 e. The number of thiocarbonyl (C=S) groups is 1. The fourth-order valence-corrected chi connectivity index (χ4v) is 2.21. The Hall–Kier alpha value is -1.79. The standard InChI is InChI=1S/C17H24ClN3O2S/c1-5-6-10-20(3)17(22)23-15-9-7-8-14(11-15)19-16(24)21(4)12-13(2)18/h7-9,11H,2,5-6,10,12H2,1,3-4H3,(H,19,24). The smallest absolute Gasteiger partial charge is 0.410 e. The van der Waals surface area contributed by atoms with Crippen molar-refractivity contribution in [1.29, 1.82) is 0 Å². The first kappa shape index (κ1) is 20.3. The minimum atomic E-state index is -0.376. The number of halogens is 1. The lowest BCUT2D eigenvalue weighted by Crippen LogP contribution is -2.32. The molecule has 0 heterocycles. The molecule has 132 valence electrons. The molecule has 1 N–H and O–H groups in total. The number of likely N-dealkylation sites (N-methyl/N-ethyl adjacent to an activating group) is 1. The summed E-state index contributed by atoms with van der Waals surface area (Å²) in [6, 6.07) is 7.08. The van der Waals surface area contributed by atoms with E-state index in [0.29, 0.717) is 29.0 Å². The SMILES string of the molecule is C=C(Cl)CN(C)C(=S)Nc1cccc(OC(=O)N(C)CCCC)c1. The van der Waals surface area contributed by atoms with E-state index in [-0.39, 0.29) is 6.09 Å². The lowest BCUT2D eigenvalue weighted by atomic mass is 10.3. The molecule has 0 aliphatic heterocycles. The molecule has 0 saturated heterocycles. The Kier molecular flexibility index (Phi) is 8.57. The molecule has 1 aromatic rings. The molecule has 1 aromatic carbocycles. The molecule has 0 spiro atoms. The number of carbonyl (C=O) groups excluding carboxylic acids is 1. The Morgan fingerprint density at radius 1 is 1.38 bits per heavy atom. The Morgan fingerprint density at radius 3 is 2.71 bits per heavy atom. The van der Waals surface area contributed by atoms with Gasteiger partial charge in [-0.25, -0.2) is 4.79 Å². The molecule has 0 aromatic heterocycles. The Morgan fingerprint density at radius 2 is 2.08 bits per heavy atom. The zero-order valence-corrected chi connectivity index (χ0v) is 15.9. The first-order chi connectivity index (χ1) is 11.3. The van der Waals surface area contributed by atoms with Crippen molar-refractivity contribution in [3.05, 3.63) is 35.9 Å². The van der Waals surface area contributed by atoms with Gasteiger partial charge in [-0.05, 0) is 30.8 Å². The molecule has 0 saturated carbocycles. The number of ether oxygens (including phenoxy) is 1. The van der Waals surface area contributed by atoms with Crippen LogP contribution in [0.3, 0.4) is 0 Å². The average molecular weight is 370 g/mol. The first-order valence-corrected chi connectivity index (χ1v) is 8.50. The second-order valence-electron chi connectivity index (χ2n) is 5.47. The van der Waals surface area contributed by atoms with E-state index in [1.807, 2.05) is 13.1 Å². The quantitative estimate of drug-likeness (QED) is 0.726. The number of hydrogen-bond donors (Lipinski definition) is 1. The number of amides is 1. The molecule has 1 amide bonds. The van der Waals surface area contributed by atoms with Crippen molar-refractivity contribution in [2.75, 3.05) is 32.5 Å². The number of carbonyl (C=O) groups is 1. The van der Waals surface area contributed by atoms with Crippen molar-refractivity contribution in [2.45, 2.75) is 19.8 Å². The van der Waals surface area contributed by atoms with Crippen LogP contribution in [0.1, 0.15) is 19.8 Å². The van der Waals surface area contributed by atoms with Gasteiger partial charge in [-0.3, -0.25) is 0 Å². The van der Waals surface area contributed by atoms with Crippen molar-refractivity contribution >= 4 is 40.7 Å². The van der Waals surface area contributed by atoms with E-state index in [1.165, 1.54) is 0 Å². The number of anilines is 1. The topological polar surface area (TPSA) is 44.8 Å². The number of nitrogens with zero attached hydrogens (tertiary/aromatic N) is 2.